The molecule has 27 heavy (non-hydrogen) atoms. The molecule has 1 amide bonds. The fourth-order valence-electron chi connectivity index (χ4n) is 3.01. The van der Waals surface area contributed by atoms with Crippen LogP contribution in [0.15, 0.2) is 30.3 Å². The number of hydrogen-bond acceptors (Lipinski definition) is 6. The summed E-state index contributed by atoms with van der Waals surface area (Å²) in [7, 11) is 0. The third-order valence-corrected chi connectivity index (χ3v) is 5.68. The van der Waals surface area contributed by atoms with E-state index in [4.69, 9.17) is 4.74 Å². The predicted molar refractivity (Wildman–Crippen MR) is 102 cm³/mol. The molecule has 0 saturated heterocycles. The Kier molecular flexibility index (Phi) is 5.85. The highest BCUT2D eigenvalue weighted by molar-refractivity contribution is 7.14. The fraction of sp³-hybridized carbons (Fsp3) is 0.368. The molecule has 0 aliphatic heterocycles. The monoisotopic (exact) mass is 388 g/mol. The first kappa shape index (κ1) is 19.0. The minimum absolute atomic E-state index is 0.0678. The highest BCUT2D eigenvalue weighted by Crippen LogP contribution is 2.29. The lowest BCUT2D eigenvalue weighted by atomic mass is 10.1. The van der Waals surface area contributed by atoms with Gasteiger partial charge in [-0.15, -0.1) is 11.3 Å². The summed E-state index contributed by atoms with van der Waals surface area (Å²) in [6.07, 6.45) is 4.31. The van der Waals surface area contributed by atoms with Gasteiger partial charge in [0.1, 0.15) is 10.6 Å². The molecular formula is C19H20N2O5S. The predicted octanol–water partition coefficient (Wildman–Crippen LogP) is 4.11. The second-order valence-electron chi connectivity index (χ2n) is 6.43. The van der Waals surface area contributed by atoms with Gasteiger partial charge >= 0.3 is 5.97 Å². The number of thiophene rings is 1. The van der Waals surface area contributed by atoms with E-state index in [1.54, 1.807) is 6.07 Å². The Morgan fingerprint density at radius 2 is 1.96 bits per heavy atom. The van der Waals surface area contributed by atoms with Crippen LogP contribution in [-0.2, 0) is 22.4 Å². The van der Waals surface area contributed by atoms with E-state index in [-0.39, 0.29) is 11.4 Å². The smallest absolute Gasteiger partial charge is 0.349 e. The van der Waals surface area contributed by atoms with Gasteiger partial charge in [-0.3, -0.25) is 14.9 Å². The zero-order valence-corrected chi connectivity index (χ0v) is 15.7. The van der Waals surface area contributed by atoms with Gasteiger partial charge in [-0.25, -0.2) is 4.79 Å². The first-order chi connectivity index (χ1) is 13.0. The summed E-state index contributed by atoms with van der Waals surface area (Å²) in [6, 6.07) is 7.68. The number of carbonyl (C=O) groups excluding carboxylic acids is 2. The molecule has 8 heteroatoms. The largest absolute Gasteiger partial charge is 0.448 e. The van der Waals surface area contributed by atoms with Crippen molar-refractivity contribution in [1.29, 1.82) is 0 Å². The standard InChI is InChI=1S/C19H20N2O5S/c1-12(18(22)20-14-8-5-6-9-15(14)21(24)25)26-19(23)17-11-13-7-3-2-4-10-16(13)27-17/h5-6,8-9,11-12H,2-4,7,10H2,1H3,(H,20,22)/t12-/m0/s1. The number of benzene rings is 1. The molecule has 1 heterocycles. The molecule has 1 aromatic heterocycles. The highest BCUT2D eigenvalue weighted by atomic mass is 32.1. The number of aryl methyl sites for hydroxylation is 2. The number of amides is 1. The Bertz CT molecular complexity index is 853. The van der Waals surface area contributed by atoms with Crippen LogP contribution in [0.3, 0.4) is 0 Å². The number of nitro groups is 1. The number of carbonyl (C=O) groups is 2. The van der Waals surface area contributed by atoms with Crippen molar-refractivity contribution >= 4 is 34.6 Å². The minimum Gasteiger partial charge on any atom is -0.448 e. The number of nitrogens with one attached hydrogen (secondary N) is 1. The molecule has 0 spiro atoms. The van der Waals surface area contributed by atoms with Crippen LogP contribution in [0.2, 0.25) is 0 Å². The summed E-state index contributed by atoms with van der Waals surface area (Å²) < 4.78 is 5.27. The molecule has 3 rings (SSSR count). The average molecular weight is 388 g/mol. The van der Waals surface area contributed by atoms with Crippen molar-refractivity contribution in [2.24, 2.45) is 0 Å². The number of esters is 1. The fourth-order valence-corrected chi connectivity index (χ4v) is 4.15. The van der Waals surface area contributed by atoms with Crippen molar-refractivity contribution in [3.05, 3.63) is 55.8 Å². The van der Waals surface area contributed by atoms with Gasteiger partial charge in [-0.2, -0.15) is 0 Å². The Balaban J connectivity index is 1.65. The summed E-state index contributed by atoms with van der Waals surface area (Å²) in [5, 5.41) is 13.5. The van der Waals surface area contributed by atoms with E-state index in [0.717, 1.165) is 25.7 Å². The summed E-state index contributed by atoms with van der Waals surface area (Å²) in [4.78, 5) is 36.8. The van der Waals surface area contributed by atoms with E-state index in [9.17, 15) is 19.7 Å². The van der Waals surface area contributed by atoms with Crippen LogP contribution in [0.4, 0.5) is 11.4 Å². The van der Waals surface area contributed by atoms with E-state index in [1.165, 1.54) is 53.3 Å². The second-order valence-corrected chi connectivity index (χ2v) is 7.57. The number of fused-ring (bicyclic) bond motifs is 1. The SMILES string of the molecule is C[C@H](OC(=O)c1cc2c(s1)CCCCC2)C(=O)Nc1ccccc1[N+](=O)[O-]. The number of rotatable bonds is 5. The number of anilines is 1. The Labute approximate surface area is 160 Å². The van der Waals surface area contributed by atoms with Gasteiger partial charge in [0.2, 0.25) is 0 Å². The van der Waals surface area contributed by atoms with E-state index in [2.05, 4.69) is 5.32 Å². The van der Waals surface area contributed by atoms with Gasteiger partial charge in [0.15, 0.2) is 6.10 Å². The van der Waals surface area contributed by atoms with E-state index >= 15 is 0 Å². The Morgan fingerprint density at radius 1 is 1.22 bits per heavy atom. The van der Waals surface area contributed by atoms with Crippen LogP contribution in [0, 0.1) is 10.1 Å². The maximum Gasteiger partial charge on any atom is 0.349 e. The van der Waals surface area contributed by atoms with Crippen LogP contribution in [0.5, 0.6) is 0 Å². The van der Waals surface area contributed by atoms with Gasteiger partial charge in [-0.05, 0) is 50.3 Å². The minimum atomic E-state index is -1.07. The average Bonchev–Trinajstić information content (AvgIpc) is 2.92. The zero-order chi connectivity index (χ0) is 19.4. The first-order valence-corrected chi connectivity index (χ1v) is 9.64. The summed E-state index contributed by atoms with van der Waals surface area (Å²) in [6.45, 7) is 1.45. The number of para-hydroxylation sites is 2. The van der Waals surface area contributed by atoms with Gasteiger partial charge in [0, 0.05) is 10.9 Å². The zero-order valence-electron chi connectivity index (χ0n) is 14.9. The van der Waals surface area contributed by atoms with Crippen molar-refractivity contribution < 1.29 is 19.2 Å². The summed E-state index contributed by atoms with van der Waals surface area (Å²) in [5.74, 6) is -1.16. The Hall–Kier alpha value is -2.74. The number of ether oxygens (including phenoxy) is 1. The van der Waals surface area contributed by atoms with Crippen LogP contribution >= 0.6 is 11.3 Å². The molecule has 0 bridgehead atoms. The van der Waals surface area contributed by atoms with Crippen LogP contribution < -0.4 is 5.32 Å². The highest BCUT2D eigenvalue weighted by Gasteiger charge is 2.24. The topological polar surface area (TPSA) is 98.5 Å². The molecular weight excluding hydrogens is 368 g/mol. The summed E-state index contributed by atoms with van der Waals surface area (Å²) >= 11 is 1.43. The van der Waals surface area contributed by atoms with Gasteiger partial charge in [0.25, 0.3) is 11.6 Å². The van der Waals surface area contributed by atoms with E-state index in [0.29, 0.717) is 4.88 Å². The summed E-state index contributed by atoms with van der Waals surface area (Å²) in [5.41, 5.74) is 1.05. The number of hydrogen-bond donors (Lipinski definition) is 1. The lowest BCUT2D eigenvalue weighted by molar-refractivity contribution is -0.383. The second kappa shape index (κ2) is 8.30. The first-order valence-electron chi connectivity index (χ1n) is 8.82. The molecule has 1 atom stereocenters. The molecule has 1 N–H and O–H groups in total. The van der Waals surface area contributed by atoms with Crippen molar-refractivity contribution in [2.45, 2.75) is 45.1 Å². The molecule has 1 aromatic carbocycles. The molecule has 2 aromatic rings. The van der Waals surface area contributed by atoms with Crippen LogP contribution in [0.25, 0.3) is 0 Å². The number of nitrogens with zero attached hydrogens (tertiary/aromatic N) is 1. The molecule has 0 fully saturated rings. The van der Waals surface area contributed by atoms with E-state index in [1.807, 2.05) is 6.07 Å². The lowest BCUT2D eigenvalue weighted by Gasteiger charge is -2.13. The van der Waals surface area contributed by atoms with Crippen molar-refractivity contribution in [2.75, 3.05) is 5.32 Å². The van der Waals surface area contributed by atoms with Crippen molar-refractivity contribution in [1.82, 2.24) is 0 Å². The normalized spacial score (nSPS) is 14.6. The molecule has 0 saturated carbocycles. The maximum absolute atomic E-state index is 12.4. The van der Waals surface area contributed by atoms with Gasteiger partial charge in [0.05, 0.1) is 4.92 Å². The molecule has 7 nitrogen and oxygen atoms in total. The van der Waals surface area contributed by atoms with Crippen LogP contribution in [-0.4, -0.2) is 22.9 Å². The molecule has 0 unspecified atom stereocenters. The molecule has 1 aliphatic carbocycles. The maximum atomic E-state index is 12.4. The van der Waals surface area contributed by atoms with E-state index < -0.39 is 22.9 Å². The lowest BCUT2D eigenvalue weighted by Crippen LogP contribution is -2.30. The number of nitro benzene ring substituents is 1. The van der Waals surface area contributed by atoms with Crippen molar-refractivity contribution in [3.8, 4) is 0 Å². The Morgan fingerprint density at radius 3 is 2.74 bits per heavy atom. The van der Waals surface area contributed by atoms with Gasteiger partial charge < -0.3 is 10.1 Å². The quantitative estimate of drug-likeness (QED) is 0.360. The molecule has 1 aliphatic rings. The van der Waals surface area contributed by atoms with Crippen molar-refractivity contribution in [3.63, 3.8) is 0 Å². The molecule has 142 valence electrons. The third kappa shape index (κ3) is 4.51. The molecule has 0 radical (unpaired) electrons. The van der Waals surface area contributed by atoms with Crippen LogP contribution in [0.1, 0.15) is 46.3 Å². The van der Waals surface area contributed by atoms with Gasteiger partial charge in [-0.1, -0.05) is 18.6 Å². The third-order valence-electron chi connectivity index (χ3n) is 4.46.